The summed E-state index contributed by atoms with van der Waals surface area (Å²) in [6, 6.07) is 5.00. The zero-order valence-electron chi connectivity index (χ0n) is 7.57. The molecule has 1 aromatic carbocycles. The van der Waals surface area contributed by atoms with E-state index in [0.717, 1.165) is 23.9 Å². The summed E-state index contributed by atoms with van der Waals surface area (Å²) in [5.74, 6) is 0.257. The van der Waals surface area contributed by atoms with E-state index in [4.69, 9.17) is 5.73 Å². The fraction of sp³-hybridized carbons (Fsp3) is 0.300. The van der Waals surface area contributed by atoms with Gasteiger partial charge in [0.25, 0.3) is 0 Å². The van der Waals surface area contributed by atoms with Crippen molar-refractivity contribution in [1.29, 1.82) is 0 Å². The highest BCUT2D eigenvalue weighted by Gasteiger charge is 2.27. The lowest BCUT2D eigenvalue weighted by molar-refractivity contribution is 0.628. The van der Waals surface area contributed by atoms with Crippen molar-refractivity contribution in [3.8, 4) is 0 Å². The van der Waals surface area contributed by atoms with Gasteiger partial charge in [0.05, 0.1) is 11.0 Å². The molecule has 72 valence electrons. The molecule has 3 rings (SSSR count). The van der Waals surface area contributed by atoms with Crippen LogP contribution in [0.25, 0.3) is 11.0 Å². The number of rotatable bonds is 1. The van der Waals surface area contributed by atoms with Crippen LogP contribution >= 0.6 is 0 Å². The van der Waals surface area contributed by atoms with Crippen molar-refractivity contribution in [3.05, 3.63) is 24.0 Å². The Bertz CT molecular complexity index is 499. The van der Waals surface area contributed by atoms with E-state index in [1.807, 2.05) is 4.57 Å². The van der Waals surface area contributed by atoms with Crippen molar-refractivity contribution in [1.82, 2.24) is 9.55 Å². The zero-order valence-corrected chi connectivity index (χ0v) is 7.57. The van der Waals surface area contributed by atoms with Gasteiger partial charge in [-0.1, -0.05) is 0 Å². The van der Waals surface area contributed by atoms with Gasteiger partial charge in [0.1, 0.15) is 5.82 Å². The molecule has 1 aromatic heterocycles. The summed E-state index contributed by atoms with van der Waals surface area (Å²) < 4.78 is 15.0. The molecule has 1 fully saturated rings. The minimum atomic E-state index is -0.237. The summed E-state index contributed by atoms with van der Waals surface area (Å²) >= 11 is 0. The highest BCUT2D eigenvalue weighted by atomic mass is 19.1. The maximum absolute atomic E-state index is 13.0. The first-order valence-electron chi connectivity index (χ1n) is 4.68. The van der Waals surface area contributed by atoms with Gasteiger partial charge in [-0.25, -0.2) is 9.37 Å². The van der Waals surface area contributed by atoms with Crippen LogP contribution < -0.4 is 5.73 Å². The number of hydrogen-bond acceptors (Lipinski definition) is 2. The highest BCUT2D eigenvalue weighted by molar-refractivity contribution is 5.78. The predicted octanol–water partition coefficient (Wildman–Crippen LogP) is 2.09. The smallest absolute Gasteiger partial charge is 0.201 e. The van der Waals surface area contributed by atoms with E-state index in [1.165, 1.54) is 12.1 Å². The third-order valence-corrected chi connectivity index (χ3v) is 2.59. The van der Waals surface area contributed by atoms with Crippen LogP contribution in [0, 0.1) is 5.82 Å². The number of nitrogen functional groups attached to an aromatic ring is 1. The lowest BCUT2D eigenvalue weighted by Crippen LogP contribution is -2.00. The van der Waals surface area contributed by atoms with Crippen LogP contribution in [-0.4, -0.2) is 9.55 Å². The lowest BCUT2D eigenvalue weighted by Gasteiger charge is -2.02. The molecule has 1 heterocycles. The van der Waals surface area contributed by atoms with Crippen molar-refractivity contribution >= 4 is 17.0 Å². The van der Waals surface area contributed by atoms with Crippen LogP contribution in [0.1, 0.15) is 18.9 Å². The number of halogens is 1. The van der Waals surface area contributed by atoms with E-state index < -0.39 is 0 Å². The van der Waals surface area contributed by atoms with Gasteiger partial charge >= 0.3 is 0 Å². The van der Waals surface area contributed by atoms with Gasteiger partial charge in [-0.2, -0.15) is 0 Å². The first kappa shape index (κ1) is 7.79. The number of anilines is 1. The Morgan fingerprint density at radius 2 is 2.21 bits per heavy atom. The highest BCUT2D eigenvalue weighted by Crippen LogP contribution is 2.39. The van der Waals surface area contributed by atoms with Crippen molar-refractivity contribution in [2.45, 2.75) is 18.9 Å². The number of nitrogens with zero attached hydrogens (tertiary/aromatic N) is 2. The Balaban J connectivity index is 2.34. The third-order valence-electron chi connectivity index (χ3n) is 2.59. The van der Waals surface area contributed by atoms with Crippen LogP contribution in [0.3, 0.4) is 0 Å². The molecule has 0 amide bonds. The molecule has 1 aliphatic carbocycles. The summed E-state index contributed by atoms with van der Waals surface area (Å²) in [6.07, 6.45) is 2.23. The summed E-state index contributed by atoms with van der Waals surface area (Å²) in [6.45, 7) is 0. The average molecular weight is 191 g/mol. The van der Waals surface area contributed by atoms with Crippen LogP contribution in [0.2, 0.25) is 0 Å². The molecule has 0 aliphatic heterocycles. The van der Waals surface area contributed by atoms with E-state index in [1.54, 1.807) is 6.07 Å². The SMILES string of the molecule is Nc1nc2ccc(F)cc2n1C1CC1. The van der Waals surface area contributed by atoms with Crippen molar-refractivity contribution in [2.75, 3.05) is 5.73 Å². The molecule has 1 saturated carbocycles. The number of nitrogens with two attached hydrogens (primary N) is 1. The minimum Gasteiger partial charge on any atom is -0.369 e. The van der Waals surface area contributed by atoms with Crippen LogP contribution in [0.4, 0.5) is 10.3 Å². The van der Waals surface area contributed by atoms with Crippen LogP contribution in [0.15, 0.2) is 18.2 Å². The predicted molar refractivity (Wildman–Crippen MR) is 52.4 cm³/mol. The number of imidazole rings is 1. The van der Waals surface area contributed by atoms with Gasteiger partial charge in [-0.3, -0.25) is 0 Å². The number of hydrogen-bond donors (Lipinski definition) is 1. The second-order valence-corrected chi connectivity index (χ2v) is 3.70. The Morgan fingerprint density at radius 3 is 2.93 bits per heavy atom. The molecule has 3 nitrogen and oxygen atoms in total. The largest absolute Gasteiger partial charge is 0.369 e. The molecule has 0 saturated heterocycles. The van der Waals surface area contributed by atoms with E-state index >= 15 is 0 Å². The molecule has 0 bridgehead atoms. The molecular formula is C10H10FN3. The minimum absolute atomic E-state index is 0.237. The molecule has 1 aliphatic rings. The fourth-order valence-electron chi connectivity index (χ4n) is 1.80. The molecule has 0 radical (unpaired) electrons. The molecule has 0 spiro atoms. The van der Waals surface area contributed by atoms with E-state index in [0.29, 0.717) is 12.0 Å². The Morgan fingerprint density at radius 1 is 1.43 bits per heavy atom. The summed E-state index contributed by atoms with van der Waals surface area (Å²) in [7, 11) is 0. The summed E-state index contributed by atoms with van der Waals surface area (Å²) in [5.41, 5.74) is 7.36. The second-order valence-electron chi connectivity index (χ2n) is 3.70. The molecule has 0 unspecified atom stereocenters. The fourth-order valence-corrected chi connectivity index (χ4v) is 1.80. The maximum atomic E-state index is 13.0. The first-order chi connectivity index (χ1) is 6.75. The van der Waals surface area contributed by atoms with Crippen molar-refractivity contribution in [2.24, 2.45) is 0 Å². The monoisotopic (exact) mass is 191 g/mol. The van der Waals surface area contributed by atoms with Gasteiger partial charge in [0, 0.05) is 6.04 Å². The van der Waals surface area contributed by atoms with E-state index in [-0.39, 0.29) is 5.82 Å². The normalized spacial score (nSPS) is 16.4. The maximum Gasteiger partial charge on any atom is 0.201 e. The van der Waals surface area contributed by atoms with Crippen molar-refractivity contribution in [3.63, 3.8) is 0 Å². The Kier molecular flexibility index (Phi) is 1.37. The van der Waals surface area contributed by atoms with Gasteiger partial charge in [0.2, 0.25) is 5.95 Å². The molecule has 2 N–H and O–H groups in total. The van der Waals surface area contributed by atoms with Crippen molar-refractivity contribution < 1.29 is 4.39 Å². The average Bonchev–Trinajstić information content (AvgIpc) is 2.90. The van der Waals surface area contributed by atoms with Gasteiger partial charge in [0.15, 0.2) is 0 Å². The zero-order chi connectivity index (χ0) is 9.71. The molecule has 2 aromatic rings. The standard InChI is InChI=1S/C10H10FN3/c11-6-1-4-8-9(5-6)14(7-2-3-7)10(12)13-8/h1,4-5,7H,2-3H2,(H2,12,13). The number of aromatic nitrogens is 2. The van der Waals surface area contributed by atoms with Gasteiger partial charge < -0.3 is 10.3 Å². The third kappa shape index (κ3) is 0.999. The summed E-state index contributed by atoms with van der Waals surface area (Å²) in [5, 5.41) is 0. The Labute approximate surface area is 80.3 Å². The lowest BCUT2D eigenvalue weighted by atomic mass is 10.3. The first-order valence-corrected chi connectivity index (χ1v) is 4.68. The molecule has 14 heavy (non-hydrogen) atoms. The topological polar surface area (TPSA) is 43.8 Å². The van der Waals surface area contributed by atoms with Gasteiger partial charge in [-0.15, -0.1) is 0 Å². The van der Waals surface area contributed by atoms with Crippen LogP contribution in [0.5, 0.6) is 0 Å². The van der Waals surface area contributed by atoms with E-state index in [2.05, 4.69) is 4.98 Å². The van der Waals surface area contributed by atoms with Crippen LogP contribution in [-0.2, 0) is 0 Å². The molecular weight excluding hydrogens is 181 g/mol. The second kappa shape index (κ2) is 2.47. The van der Waals surface area contributed by atoms with Gasteiger partial charge in [-0.05, 0) is 31.0 Å². The number of fused-ring (bicyclic) bond motifs is 1. The van der Waals surface area contributed by atoms with E-state index in [9.17, 15) is 4.39 Å². The number of benzene rings is 1. The molecule has 0 atom stereocenters. The summed E-state index contributed by atoms with van der Waals surface area (Å²) in [4.78, 5) is 4.19. The molecule has 4 heteroatoms. The quantitative estimate of drug-likeness (QED) is 0.750. The Hall–Kier alpha value is -1.58.